The van der Waals surface area contributed by atoms with E-state index in [4.69, 9.17) is 9.47 Å². The van der Waals surface area contributed by atoms with Crippen LogP contribution < -0.4 is 0 Å². The summed E-state index contributed by atoms with van der Waals surface area (Å²) < 4.78 is 11.1. The van der Waals surface area contributed by atoms with Crippen LogP contribution in [0.15, 0.2) is 24.3 Å². The number of aliphatic hydroxyl groups excluding tert-OH is 4. The van der Waals surface area contributed by atoms with Crippen molar-refractivity contribution >= 4 is 0 Å². The van der Waals surface area contributed by atoms with E-state index < -0.39 is 54.6 Å². The van der Waals surface area contributed by atoms with Gasteiger partial charge in [0.1, 0.15) is 24.4 Å². The van der Waals surface area contributed by atoms with Crippen molar-refractivity contribution in [1.82, 2.24) is 0 Å². The number of hydrogen-bond acceptors (Lipinski definition) is 8. The van der Waals surface area contributed by atoms with E-state index in [1.807, 2.05) is 13.0 Å². The van der Waals surface area contributed by atoms with Gasteiger partial charge in [0.05, 0.1) is 23.9 Å². The monoisotopic (exact) mass is 418 g/mol. The summed E-state index contributed by atoms with van der Waals surface area (Å²) in [4.78, 5) is 0. The molecule has 8 heteroatoms. The smallest absolute Gasteiger partial charge is 0.187 e. The van der Waals surface area contributed by atoms with Crippen molar-refractivity contribution in [2.45, 2.75) is 101 Å². The minimum Gasteiger partial charge on any atom is -0.394 e. The quantitative estimate of drug-likeness (QED) is 0.265. The Morgan fingerprint density at radius 1 is 1.14 bits per heavy atom. The van der Waals surface area contributed by atoms with Gasteiger partial charge >= 0.3 is 0 Å². The van der Waals surface area contributed by atoms with Gasteiger partial charge < -0.3 is 40.1 Å². The first-order chi connectivity index (χ1) is 13.3. The zero-order chi connectivity index (χ0) is 22.4. The second kappa shape index (κ2) is 11.0. The summed E-state index contributed by atoms with van der Waals surface area (Å²) in [7, 11) is 0. The van der Waals surface area contributed by atoms with Gasteiger partial charge in [-0.2, -0.15) is 0 Å². The van der Waals surface area contributed by atoms with E-state index in [0.717, 1.165) is 5.57 Å². The predicted octanol–water partition coefficient (Wildman–Crippen LogP) is 0.386. The molecule has 0 amide bonds. The largest absolute Gasteiger partial charge is 0.394 e. The van der Waals surface area contributed by atoms with Gasteiger partial charge in [-0.05, 0) is 53.4 Å². The van der Waals surface area contributed by atoms with Crippen LogP contribution in [0, 0.1) is 0 Å². The van der Waals surface area contributed by atoms with Gasteiger partial charge in [-0.15, -0.1) is 6.58 Å². The van der Waals surface area contributed by atoms with Crippen LogP contribution in [0.5, 0.6) is 0 Å². The molecule has 0 aliphatic carbocycles. The van der Waals surface area contributed by atoms with E-state index in [-0.39, 0.29) is 0 Å². The topological polar surface area (TPSA) is 140 Å². The van der Waals surface area contributed by atoms with Crippen molar-refractivity contribution in [3.63, 3.8) is 0 Å². The third-order valence-electron chi connectivity index (χ3n) is 5.32. The summed E-state index contributed by atoms with van der Waals surface area (Å²) in [5, 5.41) is 59.7. The number of hydrogen-bond donors (Lipinski definition) is 6. The van der Waals surface area contributed by atoms with E-state index in [0.29, 0.717) is 25.7 Å². The number of ether oxygens (including phenoxy) is 2. The summed E-state index contributed by atoms with van der Waals surface area (Å²) in [6, 6.07) is 0. The third kappa shape index (κ3) is 8.07. The maximum Gasteiger partial charge on any atom is 0.187 e. The minimum atomic E-state index is -1.53. The van der Waals surface area contributed by atoms with E-state index in [1.54, 1.807) is 20.8 Å². The summed E-state index contributed by atoms with van der Waals surface area (Å²) in [5.41, 5.74) is -1.12. The fourth-order valence-electron chi connectivity index (χ4n) is 3.10. The standard InChI is InChI=1S/C21H38O8/c1-6-21(5,27)11-7-8-13(2)9-10-15(20(3,4)26)29-19-18(25)17(24)16(23)14(12-22)28-19/h6,8,14-19,22-27H,1,7,9-12H2,2-5H3/b13-8-/t14-,15-,16+,17-,18+,19-,21+/m0/s1. The van der Waals surface area contributed by atoms with Crippen molar-refractivity contribution < 1.29 is 40.1 Å². The molecule has 1 saturated heterocycles. The maximum absolute atomic E-state index is 10.5. The highest BCUT2D eigenvalue weighted by Gasteiger charge is 2.46. The molecule has 0 unspecified atom stereocenters. The van der Waals surface area contributed by atoms with Crippen LogP contribution in [0.1, 0.15) is 53.4 Å². The Labute approximate surface area is 173 Å². The second-order valence-electron chi connectivity index (χ2n) is 8.66. The average molecular weight is 419 g/mol. The number of aliphatic hydroxyl groups is 6. The lowest BCUT2D eigenvalue weighted by Gasteiger charge is -2.42. The molecule has 1 heterocycles. The fraction of sp³-hybridized carbons (Fsp3) is 0.810. The lowest BCUT2D eigenvalue weighted by Crippen LogP contribution is -2.60. The SMILES string of the molecule is C=C[C@@](C)(O)CC/C=C(/C)CC[C@H](O[C@@H]1O[C@@H](CO)[C@@H](O)[C@H](O)[C@H]1O)C(C)(C)O. The van der Waals surface area contributed by atoms with Crippen LogP contribution in [0.4, 0.5) is 0 Å². The zero-order valence-corrected chi connectivity index (χ0v) is 17.9. The van der Waals surface area contributed by atoms with E-state index >= 15 is 0 Å². The lowest BCUT2D eigenvalue weighted by atomic mass is 9.94. The van der Waals surface area contributed by atoms with E-state index in [9.17, 15) is 30.6 Å². The zero-order valence-electron chi connectivity index (χ0n) is 17.9. The molecule has 0 radical (unpaired) electrons. The molecule has 170 valence electrons. The Morgan fingerprint density at radius 3 is 2.28 bits per heavy atom. The fourth-order valence-corrected chi connectivity index (χ4v) is 3.10. The highest BCUT2D eigenvalue weighted by molar-refractivity contribution is 5.02. The van der Waals surface area contributed by atoms with Crippen molar-refractivity contribution in [2.24, 2.45) is 0 Å². The summed E-state index contributed by atoms with van der Waals surface area (Å²) in [5.74, 6) is 0. The molecule has 0 aromatic heterocycles. The van der Waals surface area contributed by atoms with Gasteiger partial charge in [-0.1, -0.05) is 17.7 Å². The van der Waals surface area contributed by atoms with Crippen LogP contribution in [-0.2, 0) is 9.47 Å². The van der Waals surface area contributed by atoms with Gasteiger partial charge in [-0.3, -0.25) is 0 Å². The highest BCUT2D eigenvalue weighted by atomic mass is 16.7. The molecule has 0 bridgehead atoms. The molecule has 29 heavy (non-hydrogen) atoms. The first kappa shape index (κ1) is 26.2. The molecule has 1 aliphatic rings. The van der Waals surface area contributed by atoms with Crippen molar-refractivity contribution in [3.8, 4) is 0 Å². The Bertz CT molecular complexity index is 537. The van der Waals surface area contributed by atoms with Crippen molar-refractivity contribution in [3.05, 3.63) is 24.3 Å². The Balaban J connectivity index is 2.72. The first-order valence-electron chi connectivity index (χ1n) is 10.0. The molecule has 0 aromatic rings. The normalized spacial score (nSPS) is 31.9. The van der Waals surface area contributed by atoms with E-state index in [1.165, 1.54) is 6.08 Å². The van der Waals surface area contributed by atoms with Crippen molar-refractivity contribution in [2.75, 3.05) is 6.61 Å². The first-order valence-corrected chi connectivity index (χ1v) is 10.0. The van der Waals surface area contributed by atoms with Gasteiger partial charge in [0.25, 0.3) is 0 Å². The average Bonchev–Trinajstić information content (AvgIpc) is 2.63. The van der Waals surface area contributed by atoms with Gasteiger partial charge in [0, 0.05) is 0 Å². The predicted molar refractivity (Wildman–Crippen MR) is 108 cm³/mol. The summed E-state index contributed by atoms with van der Waals surface area (Å²) in [6.07, 6.45) is -1.87. The van der Waals surface area contributed by atoms with Crippen LogP contribution in [0.2, 0.25) is 0 Å². The Kier molecular flexibility index (Phi) is 9.91. The molecular formula is C21H38O8. The minimum absolute atomic E-state index is 0.415. The molecular weight excluding hydrogens is 380 g/mol. The van der Waals surface area contributed by atoms with Gasteiger partial charge in [0.2, 0.25) is 0 Å². The van der Waals surface area contributed by atoms with Crippen LogP contribution in [0.3, 0.4) is 0 Å². The van der Waals surface area contributed by atoms with Crippen LogP contribution in [0.25, 0.3) is 0 Å². The van der Waals surface area contributed by atoms with Gasteiger partial charge in [0.15, 0.2) is 6.29 Å². The molecule has 0 aromatic carbocycles. The van der Waals surface area contributed by atoms with E-state index in [2.05, 4.69) is 6.58 Å². The number of allylic oxidation sites excluding steroid dienone is 2. The lowest BCUT2D eigenvalue weighted by molar-refractivity contribution is -0.322. The molecule has 8 nitrogen and oxygen atoms in total. The Hall–Kier alpha value is -0.840. The number of rotatable bonds is 11. The van der Waals surface area contributed by atoms with Crippen molar-refractivity contribution in [1.29, 1.82) is 0 Å². The maximum atomic E-state index is 10.5. The molecule has 7 atom stereocenters. The second-order valence-corrected chi connectivity index (χ2v) is 8.66. The molecule has 0 spiro atoms. The molecule has 1 rings (SSSR count). The molecule has 0 saturated carbocycles. The molecule has 1 fully saturated rings. The molecule has 1 aliphatic heterocycles. The van der Waals surface area contributed by atoms with Gasteiger partial charge in [-0.25, -0.2) is 0 Å². The van der Waals surface area contributed by atoms with Crippen LogP contribution >= 0.6 is 0 Å². The highest BCUT2D eigenvalue weighted by Crippen LogP contribution is 2.28. The summed E-state index contributed by atoms with van der Waals surface area (Å²) >= 11 is 0. The molecule has 6 N–H and O–H groups in total. The Morgan fingerprint density at radius 2 is 1.76 bits per heavy atom. The van der Waals surface area contributed by atoms with Crippen LogP contribution in [-0.4, -0.2) is 85.3 Å². The third-order valence-corrected chi connectivity index (χ3v) is 5.32. The summed E-state index contributed by atoms with van der Waals surface area (Å²) in [6.45, 7) is 9.84.